The highest BCUT2D eigenvalue weighted by molar-refractivity contribution is 6.30. The van der Waals surface area contributed by atoms with Gasteiger partial charge in [0.15, 0.2) is 0 Å². The quantitative estimate of drug-likeness (QED) is 0.628. The van der Waals surface area contributed by atoms with Gasteiger partial charge in [-0.25, -0.2) is 0 Å². The van der Waals surface area contributed by atoms with E-state index >= 15 is 0 Å². The van der Waals surface area contributed by atoms with E-state index in [1.165, 1.54) is 5.56 Å². The van der Waals surface area contributed by atoms with Crippen LogP contribution in [0.2, 0.25) is 5.02 Å². The summed E-state index contributed by atoms with van der Waals surface area (Å²) < 4.78 is 5.80. The molecule has 2 nitrogen and oxygen atoms in total. The predicted molar refractivity (Wildman–Crippen MR) is 67.3 cm³/mol. The summed E-state index contributed by atoms with van der Waals surface area (Å²) in [4.78, 5) is 0. The normalized spacial score (nSPS) is 17.9. The third-order valence-electron chi connectivity index (χ3n) is 2.66. The molecule has 1 unspecified atom stereocenters. The number of benzene rings is 1. The lowest BCUT2D eigenvalue weighted by Gasteiger charge is -2.10. The van der Waals surface area contributed by atoms with E-state index in [1.807, 2.05) is 24.3 Å². The minimum absolute atomic E-state index is 0.235. The minimum Gasteiger partial charge on any atom is -0.488 e. The second-order valence-electron chi connectivity index (χ2n) is 3.98. The molecule has 86 valence electrons. The van der Waals surface area contributed by atoms with Gasteiger partial charge in [-0.2, -0.15) is 0 Å². The lowest BCUT2D eigenvalue weighted by Crippen LogP contribution is -2.30. The highest BCUT2D eigenvalue weighted by atomic mass is 35.5. The van der Waals surface area contributed by atoms with E-state index in [4.69, 9.17) is 16.3 Å². The molecular formula is C13H16ClNO. The van der Waals surface area contributed by atoms with E-state index in [2.05, 4.69) is 11.9 Å². The van der Waals surface area contributed by atoms with Gasteiger partial charge in [-0.05, 0) is 36.7 Å². The first kappa shape index (κ1) is 11.5. The Morgan fingerprint density at radius 2 is 2.44 bits per heavy atom. The zero-order chi connectivity index (χ0) is 11.4. The van der Waals surface area contributed by atoms with Crippen LogP contribution in [0.25, 0.3) is 0 Å². The largest absolute Gasteiger partial charge is 0.488 e. The van der Waals surface area contributed by atoms with E-state index in [0.29, 0.717) is 0 Å². The lowest BCUT2D eigenvalue weighted by molar-refractivity contribution is 0.228. The van der Waals surface area contributed by atoms with Crippen LogP contribution < -0.4 is 10.1 Å². The first-order valence-electron chi connectivity index (χ1n) is 5.56. The molecule has 1 heterocycles. The van der Waals surface area contributed by atoms with Crippen LogP contribution in [-0.2, 0) is 6.42 Å². The maximum atomic E-state index is 5.93. The Morgan fingerprint density at radius 1 is 1.56 bits per heavy atom. The zero-order valence-electron chi connectivity index (χ0n) is 9.21. The van der Waals surface area contributed by atoms with Crippen molar-refractivity contribution in [2.24, 2.45) is 0 Å². The Bertz CT molecular complexity index is 378. The van der Waals surface area contributed by atoms with Gasteiger partial charge < -0.3 is 10.1 Å². The van der Waals surface area contributed by atoms with Crippen molar-refractivity contribution in [3.8, 4) is 5.75 Å². The number of nitrogens with one attached hydrogen (secondary N) is 1. The Kier molecular flexibility index (Phi) is 3.86. The molecule has 1 aromatic carbocycles. The molecule has 1 aromatic rings. The SMILES string of the molecule is C=CCCNCC1Cc2cc(Cl)ccc2O1. The van der Waals surface area contributed by atoms with Crippen LogP contribution in [0.3, 0.4) is 0 Å². The summed E-state index contributed by atoms with van der Waals surface area (Å²) in [6.45, 7) is 5.52. The van der Waals surface area contributed by atoms with Gasteiger partial charge in [-0.15, -0.1) is 6.58 Å². The molecule has 0 aliphatic carbocycles. The Balaban J connectivity index is 1.83. The van der Waals surface area contributed by atoms with Crippen LogP contribution in [-0.4, -0.2) is 19.2 Å². The highest BCUT2D eigenvalue weighted by Gasteiger charge is 2.22. The van der Waals surface area contributed by atoms with Crippen LogP contribution >= 0.6 is 11.6 Å². The molecule has 0 saturated carbocycles. The average Bonchev–Trinajstić information content (AvgIpc) is 2.66. The molecule has 3 heteroatoms. The first-order valence-corrected chi connectivity index (χ1v) is 5.94. The van der Waals surface area contributed by atoms with Gasteiger partial charge in [-0.1, -0.05) is 17.7 Å². The average molecular weight is 238 g/mol. The van der Waals surface area contributed by atoms with Crippen molar-refractivity contribution in [2.75, 3.05) is 13.1 Å². The zero-order valence-corrected chi connectivity index (χ0v) is 9.96. The van der Waals surface area contributed by atoms with Crippen LogP contribution in [0.15, 0.2) is 30.9 Å². The molecule has 16 heavy (non-hydrogen) atoms. The molecule has 1 atom stereocenters. The van der Waals surface area contributed by atoms with Crippen LogP contribution in [0, 0.1) is 0 Å². The molecule has 0 fully saturated rings. The maximum absolute atomic E-state index is 5.93. The topological polar surface area (TPSA) is 21.3 Å². The maximum Gasteiger partial charge on any atom is 0.123 e. The molecule has 0 spiro atoms. The van der Waals surface area contributed by atoms with Crippen molar-refractivity contribution in [1.82, 2.24) is 5.32 Å². The summed E-state index contributed by atoms with van der Waals surface area (Å²) in [5.41, 5.74) is 1.21. The number of hydrogen-bond donors (Lipinski definition) is 1. The fourth-order valence-corrected chi connectivity index (χ4v) is 2.06. The van der Waals surface area contributed by atoms with Gasteiger partial charge in [0.25, 0.3) is 0 Å². The van der Waals surface area contributed by atoms with Crippen molar-refractivity contribution in [2.45, 2.75) is 18.9 Å². The van der Waals surface area contributed by atoms with E-state index in [1.54, 1.807) is 0 Å². The summed E-state index contributed by atoms with van der Waals surface area (Å²) in [6.07, 6.45) is 4.08. The van der Waals surface area contributed by atoms with E-state index in [-0.39, 0.29) is 6.10 Å². The second-order valence-corrected chi connectivity index (χ2v) is 4.41. The van der Waals surface area contributed by atoms with Crippen LogP contribution in [0.1, 0.15) is 12.0 Å². The Hall–Kier alpha value is -0.990. The monoisotopic (exact) mass is 237 g/mol. The van der Waals surface area contributed by atoms with Gasteiger partial charge >= 0.3 is 0 Å². The lowest BCUT2D eigenvalue weighted by atomic mass is 10.1. The van der Waals surface area contributed by atoms with Crippen molar-refractivity contribution < 1.29 is 4.74 Å². The van der Waals surface area contributed by atoms with Crippen molar-refractivity contribution in [1.29, 1.82) is 0 Å². The number of halogens is 1. The van der Waals surface area contributed by atoms with Crippen LogP contribution in [0.4, 0.5) is 0 Å². The van der Waals surface area contributed by atoms with Crippen molar-refractivity contribution in [3.05, 3.63) is 41.4 Å². The van der Waals surface area contributed by atoms with Gasteiger partial charge in [0, 0.05) is 18.0 Å². The summed E-state index contributed by atoms with van der Waals surface area (Å²) in [7, 11) is 0. The van der Waals surface area contributed by atoms with Gasteiger partial charge in [-0.3, -0.25) is 0 Å². The van der Waals surface area contributed by atoms with E-state index < -0.39 is 0 Å². The number of ether oxygens (including phenoxy) is 1. The highest BCUT2D eigenvalue weighted by Crippen LogP contribution is 2.30. The standard InChI is InChI=1S/C13H16ClNO/c1-2-3-6-15-9-12-8-10-7-11(14)4-5-13(10)16-12/h2,4-5,7,12,15H,1,3,6,8-9H2. The molecule has 0 bridgehead atoms. The number of hydrogen-bond acceptors (Lipinski definition) is 2. The molecule has 2 rings (SSSR count). The van der Waals surface area contributed by atoms with E-state index in [9.17, 15) is 0 Å². The Morgan fingerprint density at radius 3 is 3.25 bits per heavy atom. The van der Waals surface area contributed by atoms with Gasteiger partial charge in [0.05, 0.1) is 0 Å². The number of rotatable bonds is 5. The predicted octanol–water partition coefficient (Wildman–Crippen LogP) is 2.81. The van der Waals surface area contributed by atoms with Crippen molar-refractivity contribution >= 4 is 11.6 Å². The third kappa shape index (κ3) is 2.77. The molecule has 1 N–H and O–H groups in total. The third-order valence-corrected chi connectivity index (χ3v) is 2.90. The van der Waals surface area contributed by atoms with Gasteiger partial charge in [0.1, 0.15) is 11.9 Å². The fraction of sp³-hybridized carbons (Fsp3) is 0.385. The molecule has 0 amide bonds. The smallest absolute Gasteiger partial charge is 0.123 e. The summed E-state index contributed by atoms with van der Waals surface area (Å²) >= 11 is 5.93. The molecule has 0 saturated heterocycles. The second kappa shape index (κ2) is 5.37. The first-order chi connectivity index (χ1) is 7.79. The fourth-order valence-electron chi connectivity index (χ4n) is 1.87. The molecule has 1 aliphatic heterocycles. The molecule has 0 aromatic heterocycles. The van der Waals surface area contributed by atoms with E-state index in [0.717, 1.165) is 36.7 Å². The molecule has 0 radical (unpaired) electrons. The molecule has 1 aliphatic rings. The molecular weight excluding hydrogens is 222 g/mol. The van der Waals surface area contributed by atoms with Crippen LogP contribution in [0.5, 0.6) is 5.75 Å². The van der Waals surface area contributed by atoms with Gasteiger partial charge in [0.2, 0.25) is 0 Å². The minimum atomic E-state index is 0.235. The Labute approximate surface area is 101 Å². The number of fused-ring (bicyclic) bond motifs is 1. The van der Waals surface area contributed by atoms with Crippen molar-refractivity contribution in [3.63, 3.8) is 0 Å². The summed E-state index contributed by atoms with van der Waals surface area (Å²) in [5, 5.41) is 4.13. The summed E-state index contributed by atoms with van der Waals surface area (Å²) in [6, 6.07) is 5.80. The summed E-state index contributed by atoms with van der Waals surface area (Å²) in [5.74, 6) is 0.972.